The standard InChI is InChI=1S/C26H19IN2O4S/c1-2-33-18-12-13-19-20(14-18)34-26(28-19)29-22(15-8-10-17(27)11-9-15)21(24(31)25(29)32)23(30)16-6-4-3-5-7-16/h3-14,22,30H,2H2,1H3/b23-21+. The summed E-state index contributed by atoms with van der Waals surface area (Å²) in [7, 11) is 0. The van der Waals surface area contributed by atoms with E-state index in [1.165, 1.54) is 16.2 Å². The van der Waals surface area contributed by atoms with Crippen LogP contribution in [-0.4, -0.2) is 28.4 Å². The van der Waals surface area contributed by atoms with Gasteiger partial charge >= 0.3 is 5.91 Å². The summed E-state index contributed by atoms with van der Waals surface area (Å²) in [6.45, 7) is 2.45. The Morgan fingerprint density at radius 3 is 2.53 bits per heavy atom. The number of fused-ring (bicyclic) bond motifs is 1. The van der Waals surface area contributed by atoms with E-state index in [-0.39, 0.29) is 11.3 Å². The number of ether oxygens (including phenoxy) is 1. The molecule has 1 unspecified atom stereocenters. The monoisotopic (exact) mass is 582 g/mol. The third-order valence-corrected chi connectivity index (χ3v) is 7.28. The fourth-order valence-corrected chi connectivity index (χ4v) is 5.37. The Morgan fingerprint density at radius 2 is 1.82 bits per heavy atom. The second kappa shape index (κ2) is 9.19. The number of carbonyl (C=O) groups is 2. The molecule has 3 aromatic carbocycles. The van der Waals surface area contributed by atoms with Gasteiger partial charge in [0.05, 0.1) is 28.4 Å². The van der Waals surface area contributed by atoms with Gasteiger partial charge in [0.1, 0.15) is 11.5 Å². The van der Waals surface area contributed by atoms with Crippen LogP contribution in [0.25, 0.3) is 16.0 Å². The van der Waals surface area contributed by atoms with E-state index in [2.05, 4.69) is 27.6 Å². The molecule has 8 heteroatoms. The minimum absolute atomic E-state index is 0.0478. The molecule has 1 fully saturated rings. The average molecular weight is 582 g/mol. The largest absolute Gasteiger partial charge is 0.507 e. The predicted octanol–water partition coefficient (Wildman–Crippen LogP) is 5.93. The van der Waals surface area contributed by atoms with Crippen LogP contribution in [0, 0.1) is 3.57 Å². The number of amides is 1. The molecule has 4 aromatic rings. The number of hydrogen-bond donors (Lipinski definition) is 1. The van der Waals surface area contributed by atoms with Gasteiger partial charge in [0, 0.05) is 9.13 Å². The number of ketones is 1. The Hall–Kier alpha value is -3.24. The molecule has 0 bridgehead atoms. The molecule has 1 amide bonds. The van der Waals surface area contributed by atoms with Crippen LogP contribution in [0.2, 0.25) is 0 Å². The number of carbonyl (C=O) groups excluding carboxylic acids is 2. The molecule has 0 spiro atoms. The Kier molecular flexibility index (Phi) is 6.09. The highest BCUT2D eigenvalue weighted by molar-refractivity contribution is 14.1. The normalized spacial score (nSPS) is 17.5. The van der Waals surface area contributed by atoms with E-state index in [0.29, 0.717) is 34.1 Å². The molecule has 1 aliphatic heterocycles. The molecule has 0 saturated carbocycles. The van der Waals surface area contributed by atoms with Crippen LogP contribution < -0.4 is 9.64 Å². The Bertz CT molecular complexity index is 1430. The van der Waals surface area contributed by atoms with Gasteiger partial charge < -0.3 is 9.84 Å². The molecule has 0 aliphatic carbocycles. The minimum Gasteiger partial charge on any atom is -0.507 e. The third kappa shape index (κ3) is 3.97. The van der Waals surface area contributed by atoms with Crippen LogP contribution in [0.3, 0.4) is 0 Å². The number of Topliss-reactive ketones (excluding diaryl/α,β-unsaturated/α-hetero) is 1. The number of anilines is 1. The first-order valence-corrected chi connectivity index (χ1v) is 12.5. The van der Waals surface area contributed by atoms with Gasteiger partial charge in [0.15, 0.2) is 5.13 Å². The quantitative estimate of drug-likeness (QED) is 0.137. The van der Waals surface area contributed by atoms with E-state index in [1.807, 2.05) is 55.5 Å². The molecule has 1 aromatic heterocycles. The van der Waals surface area contributed by atoms with Gasteiger partial charge in [-0.3, -0.25) is 14.5 Å². The van der Waals surface area contributed by atoms with Crippen LogP contribution >= 0.6 is 33.9 Å². The van der Waals surface area contributed by atoms with Crippen molar-refractivity contribution in [3.63, 3.8) is 0 Å². The fourth-order valence-electron chi connectivity index (χ4n) is 3.99. The maximum Gasteiger partial charge on any atom is 0.301 e. The molecule has 2 heterocycles. The van der Waals surface area contributed by atoms with Crippen LogP contribution in [0.1, 0.15) is 24.1 Å². The Balaban J connectivity index is 1.69. The molecule has 1 N–H and O–H groups in total. The van der Waals surface area contributed by atoms with Crippen molar-refractivity contribution >= 4 is 66.7 Å². The molecule has 1 aliphatic rings. The number of rotatable bonds is 5. The van der Waals surface area contributed by atoms with Crippen molar-refractivity contribution in [2.75, 3.05) is 11.5 Å². The van der Waals surface area contributed by atoms with Crippen molar-refractivity contribution in [3.05, 3.63) is 93.1 Å². The van der Waals surface area contributed by atoms with Crippen molar-refractivity contribution in [3.8, 4) is 5.75 Å². The number of aliphatic hydroxyl groups is 1. The lowest BCUT2D eigenvalue weighted by molar-refractivity contribution is -0.132. The summed E-state index contributed by atoms with van der Waals surface area (Å²) in [6.07, 6.45) is 0. The summed E-state index contributed by atoms with van der Waals surface area (Å²) in [5.41, 5.74) is 1.94. The first-order chi connectivity index (χ1) is 16.5. The van der Waals surface area contributed by atoms with Gasteiger partial charge in [-0.25, -0.2) is 4.98 Å². The smallest absolute Gasteiger partial charge is 0.301 e. The molecule has 34 heavy (non-hydrogen) atoms. The van der Waals surface area contributed by atoms with E-state index in [9.17, 15) is 14.7 Å². The number of benzene rings is 3. The van der Waals surface area contributed by atoms with Crippen LogP contribution in [0.5, 0.6) is 5.75 Å². The lowest BCUT2D eigenvalue weighted by Crippen LogP contribution is -2.29. The molecular weight excluding hydrogens is 563 g/mol. The number of nitrogens with zero attached hydrogens (tertiary/aromatic N) is 2. The number of aromatic nitrogens is 1. The highest BCUT2D eigenvalue weighted by atomic mass is 127. The van der Waals surface area contributed by atoms with Crippen LogP contribution in [-0.2, 0) is 9.59 Å². The zero-order valence-electron chi connectivity index (χ0n) is 18.1. The highest BCUT2D eigenvalue weighted by Gasteiger charge is 2.48. The summed E-state index contributed by atoms with van der Waals surface area (Å²) in [5, 5.41) is 11.5. The van der Waals surface area contributed by atoms with Gasteiger partial charge in [0.25, 0.3) is 5.78 Å². The minimum atomic E-state index is -0.802. The summed E-state index contributed by atoms with van der Waals surface area (Å²) in [4.78, 5) is 32.6. The Morgan fingerprint density at radius 1 is 1.09 bits per heavy atom. The maximum absolute atomic E-state index is 13.3. The molecule has 1 saturated heterocycles. The highest BCUT2D eigenvalue weighted by Crippen LogP contribution is 2.44. The maximum atomic E-state index is 13.3. The van der Waals surface area contributed by atoms with Gasteiger partial charge in [0.2, 0.25) is 0 Å². The van der Waals surface area contributed by atoms with Crippen molar-refractivity contribution in [2.24, 2.45) is 0 Å². The summed E-state index contributed by atoms with van der Waals surface area (Å²) >= 11 is 3.51. The van der Waals surface area contributed by atoms with Crippen molar-refractivity contribution in [1.82, 2.24) is 4.98 Å². The number of halogens is 1. The number of aliphatic hydroxyl groups excluding tert-OH is 1. The van der Waals surface area contributed by atoms with Crippen molar-refractivity contribution < 1.29 is 19.4 Å². The van der Waals surface area contributed by atoms with Gasteiger partial charge in [-0.2, -0.15) is 0 Å². The molecule has 0 radical (unpaired) electrons. The second-order valence-corrected chi connectivity index (χ2v) is 9.90. The molecule has 5 rings (SSSR count). The van der Waals surface area contributed by atoms with Gasteiger partial charge in [-0.05, 0) is 65.4 Å². The molecule has 170 valence electrons. The number of hydrogen-bond acceptors (Lipinski definition) is 6. The molecule has 1 atom stereocenters. The molecular formula is C26H19IN2O4S. The van der Waals surface area contributed by atoms with E-state index in [0.717, 1.165) is 8.27 Å². The SMILES string of the molecule is CCOc1ccc2nc(N3C(=O)C(=O)/C(=C(/O)c4ccccc4)C3c3ccc(I)cc3)sc2c1. The fraction of sp³-hybridized carbons (Fsp3) is 0.115. The average Bonchev–Trinajstić information content (AvgIpc) is 3.38. The van der Waals surface area contributed by atoms with Gasteiger partial charge in [-0.15, -0.1) is 0 Å². The topological polar surface area (TPSA) is 79.7 Å². The summed E-state index contributed by atoms with van der Waals surface area (Å²) in [6, 6.07) is 21.1. The predicted molar refractivity (Wildman–Crippen MR) is 141 cm³/mol. The van der Waals surface area contributed by atoms with E-state index in [1.54, 1.807) is 24.3 Å². The first kappa shape index (κ1) is 22.5. The lowest BCUT2D eigenvalue weighted by atomic mass is 9.95. The third-order valence-electron chi connectivity index (χ3n) is 5.54. The lowest BCUT2D eigenvalue weighted by Gasteiger charge is -2.23. The summed E-state index contributed by atoms with van der Waals surface area (Å²) in [5.74, 6) is -0.945. The van der Waals surface area contributed by atoms with E-state index >= 15 is 0 Å². The van der Waals surface area contributed by atoms with Crippen molar-refractivity contribution in [1.29, 1.82) is 0 Å². The zero-order valence-corrected chi connectivity index (χ0v) is 21.0. The van der Waals surface area contributed by atoms with Crippen molar-refractivity contribution in [2.45, 2.75) is 13.0 Å². The second-order valence-electron chi connectivity index (χ2n) is 7.65. The van der Waals surface area contributed by atoms with Crippen LogP contribution in [0.4, 0.5) is 5.13 Å². The van der Waals surface area contributed by atoms with E-state index in [4.69, 9.17) is 4.74 Å². The Labute approximate surface area is 213 Å². The van der Waals surface area contributed by atoms with Crippen LogP contribution in [0.15, 0.2) is 78.4 Å². The van der Waals surface area contributed by atoms with Gasteiger partial charge in [-0.1, -0.05) is 53.8 Å². The zero-order chi connectivity index (χ0) is 23.8. The number of thiazole rings is 1. The summed E-state index contributed by atoms with van der Waals surface area (Å²) < 4.78 is 7.45. The molecule has 6 nitrogen and oxygen atoms in total. The first-order valence-electron chi connectivity index (χ1n) is 10.6. The van der Waals surface area contributed by atoms with E-state index < -0.39 is 17.7 Å².